The van der Waals surface area contributed by atoms with E-state index >= 15 is 0 Å². The third-order valence-corrected chi connectivity index (χ3v) is 3.30. The zero-order valence-electron chi connectivity index (χ0n) is 10.8. The summed E-state index contributed by atoms with van der Waals surface area (Å²) >= 11 is 3.42. The summed E-state index contributed by atoms with van der Waals surface area (Å²) in [5, 5.41) is 4.31. The summed E-state index contributed by atoms with van der Waals surface area (Å²) in [4.78, 5) is 2.38. The summed E-state index contributed by atoms with van der Waals surface area (Å²) in [7, 11) is 0. The van der Waals surface area contributed by atoms with E-state index in [1.807, 2.05) is 23.1 Å². The first-order chi connectivity index (χ1) is 8.65. The van der Waals surface area contributed by atoms with Crippen molar-refractivity contribution in [2.75, 3.05) is 0 Å². The molecule has 0 atom stereocenters. The first kappa shape index (κ1) is 13.3. The Bertz CT molecular complexity index is 479. The predicted molar refractivity (Wildman–Crippen MR) is 77.0 cm³/mol. The fourth-order valence-corrected chi connectivity index (χ4v) is 2.14. The summed E-state index contributed by atoms with van der Waals surface area (Å²) < 4.78 is 2.97. The molecule has 3 nitrogen and oxygen atoms in total. The van der Waals surface area contributed by atoms with Crippen LogP contribution < -0.4 is 0 Å². The van der Waals surface area contributed by atoms with E-state index in [2.05, 4.69) is 64.0 Å². The van der Waals surface area contributed by atoms with Gasteiger partial charge >= 0.3 is 0 Å². The molecule has 0 aliphatic rings. The molecule has 0 saturated carbocycles. The molecule has 0 amide bonds. The Morgan fingerprint density at radius 2 is 2.00 bits per heavy atom. The van der Waals surface area contributed by atoms with Crippen LogP contribution in [0.1, 0.15) is 19.4 Å². The van der Waals surface area contributed by atoms with Gasteiger partial charge in [-0.05, 0) is 35.3 Å². The van der Waals surface area contributed by atoms with Crippen molar-refractivity contribution in [2.24, 2.45) is 0 Å². The Morgan fingerprint density at radius 3 is 2.56 bits per heavy atom. The monoisotopic (exact) mass is 307 g/mol. The molecule has 2 rings (SSSR count). The zero-order valence-corrected chi connectivity index (χ0v) is 12.3. The average molecular weight is 308 g/mol. The molecule has 0 unspecified atom stereocenters. The number of nitrogens with zero attached hydrogens (tertiary/aromatic N) is 3. The van der Waals surface area contributed by atoms with Crippen molar-refractivity contribution >= 4 is 15.9 Å². The molecular weight excluding hydrogens is 290 g/mol. The molecule has 96 valence electrons. The smallest absolute Gasteiger partial charge is 0.0934 e. The molecule has 0 saturated heterocycles. The molecule has 0 spiro atoms. The summed E-state index contributed by atoms with van der Waals surface area (Å²) in [5.41, 5.74) is 1.33. The van der Waals surface area contributed by atoms with Crippen LogP contribution in [0, 0.1) is 0 Å². The SMILES string of the molecule is CC(C)N(Cc1ccccc1)Cn1cc(Br)cn1. The lowest BCUT2D eigenvalue weighted by Gasteiger charge is -2.26. The number of aromatic nitrogens is 2. The van der Waals surface area contributed by atoms with Gasteiger partial charge in [0.05, 0.1) is 17.3 Å². The molecule has 4 heteroatoms. The molecule has 0 aliphatic carbocycles. The van der Waals surface area contributed by atoms with Gasteiger partial charge in [0.25, 0.3) is 0 Å². The highest BCUT2D eigenvalue weighted by atomic mass is 79.9. The van der Waals surface area contributed by atoms with Crippen LogP contribution in [0.2, 0.25) is 0 Å². The van der Waals surface area contributed by atoms with Gasteiger partial charge in [-0.15, -0.1) is 0 Å². The quantitative estimate of drug-likeness (QED) is 0.843. The predicted octanol–water partition coefficient (Wildman–Crippen LogP) is 3.51. The van der Waals surface area contributed by atoms with Crippen LogP contribution >= 0.6 is 15.9 Å². The van der Waals surface area contributed by atoms with Crippen LogP contribution in [0.15, 0.2) is 47.2 Å². The molecule has 0 aliphatic heterocycles. The maximum absolute atomic E-state index is 4.31. The van der Waals surface area contributed by atoms with E-state index in [-0.39, 0.29) is 0 Å². The van der Waals surface area contributed by atoms with Gasteiger partial charge < -0.3 is 0 Å². The van der Waals surface area contributed by atoms with Crippen molar-refractivity contribution in [3.63, 3.8) is 0 Å². The first-order valence-electron chi connectivity index (χ1n) is 6.11. The standard InChI is InChI=1S/C14H18BrN3/c1-12(2)17(9-13-6-4-3-5-7-13)11-18-10-14(15)8-16-18/h3-8,10,12H,9,11H2,1-2H3. The minimum Gasteiger partial charge on any atom is -0.278 e. The Morgan fingerprint density at radius 1 is 1.28 bits per heavy atom. The minimum atomic E-state index is 0.480. The van der Waals surface area contributed by atoms with Gasteiger partial charge in [-0.3, -0.25) is 9.58 Å². The number of rotatable bonds is 5. The van der Waals surface area contributed by atoms with Crippen molar-refractivity contribution < 1.29 is 0 Å². The summed E-state index contributed by atoms with van der Waals surface area (Å²) in [6, 6.07) is 11.0. The van der Waals surface area contributed by atoms with E-state index in [1.165, 1.54) is 5.56 Å². The van der Waals surface area contributed by atoms with E-state index < -0.39 is 0 Å². The normalized spacial score (nSPS) is 11.4. The number of benzene rings is 1. The van der Waals surface area contributed by atoms with E-state index in [9.17, 15) is 0 Å². The second-order valence-corrected chi connectivity index (χ2v) is 5.58. The van der Waals surface area contributed by atoms with Gasteiger partial charge in [0.2, 0.25) is 0 Å². The average Bonchev–Trinajstić information content (AvgIpc) is 2.75. The topological polar surface area (TPSA) is 21.1 Å². The summed E-state index contributed by atoms with van der Waals surface area (Å²) in [6.45, 7) is 6.16. The Kier molecular flexibility index (Phi) is 4.55. The van der Waals surface area contributed by atoms with Gasteiger partial charge in [-0.25, -0.2) is 0 Å². The maximum atomic E-state index is 4.31. The molecule has 18 heavy (non-hydrogen) atoms. The zero-order chi connectivity index (χ0) is 13.0. The van der Waals surface area contributed by atoms with Gasteiger partial charge in [0.15, 0.2) is 0 Å². The lowest BCUT2D eigenvalue weighted by atomic mass is 10.2. The molecule has 0 bridgehead atoms. The Hall–Kier alpha value is -1.13. The van der Waals surface area contributed by atoms with Crippen LogP contribution in [0.4, 0.5) is 0 Å². The van der Waals surface area contributed by atoms with Crippen LogP contribution in [0.25, 0.3) is 0 Å². The van der Waals surface area contributed by atoms with Gasteiger partial charge in [0.1, 0.15) is 0 Å². The number of hydrogen-bond acceptors (Lipinski definition) is 2. The molecule has 1 aromatic heterocycles. The van der Waals surface area contributed by atoms with E-state index in [1.54, 1.807) is 0 Å². The largest absolute Gasteiger partial charge is 0.278 e. The lowest BCUT2D eigenvalue weighted by molar-refractivity contribution is 0.154. The van der Waals surface area contributed by atoms with Crippen molar-refractivity contribution in [2.45, 2.75) is 33.1 Å². The molecule has 0 N–H and O–H groups in total. The summed E-state index contributed by atoms with van der Waals surface area (Å²) in [6.07, 6.45) is 3.82. The maximum Gasteiger partial charge on any atom is 0.0934 e. The molecular formula is C14H18BrN3. The van der Waals surface area contributed by atoms with E-state index in [0.29, 0.717) is 6.04 Å². The molecule has 0 fully saturated rings. The first-order valence-corrected chi connectivity index (χ1v) is 6.90. The second kappa shape index (κ2) is 6.16. The second-order valence-electron chi connectivity index (χ2n) is 4.67. The summed E-state index contributed by atoms with van der Waals surface area (Å²) in [5.74, 6) is 0. The highest BCUT2D eigenvalue weighted by Gasteiger charge is 2.11. The van der Waals surface area contributed by atoms with Gasteiger partial charge in [-0.2, -0.15) is 5.10 Å². The Balaban J connectivity index is 2.05. The van der Waals surface area contributed by atoms with Gasteiger partial charge in [-0.1, -0.05) is 30.3 Å². The van der Waals surface area contributed by atoms with E-state index in [4.69, 9.17) is 0 Å². The molecule has 1 heterocycles. The third kappa shape index (κ3) is 3.68. The van der Waals surface area contributed by atoms with Crippen molar-refractivity contribution in [1.29, 1.82) is 0 Å². The van der Waals surface area contributed by atoms with Crippen LogP contribution in [-0.2, 0) is 13.2 Å². The number of halogens is 1. The highest BCUT2D eigenvalue weighted by Crippen LogP contribution is 2.11. The molecule has 0 radical (unpaired) electrons. The van der Waals surface area contributed by atoms with Crippen LogP contribution in [0.3, 0.4) is 0 Å². The van der Waals surface area contributed by atoms with Crippen molar-refractivity contribution in [3.8, 4) is 0 Å². The van der Waals surface area contributed by atoms with Gasteiger partial charge in [0, 0.05) is 18.8 Å². The Labute approximate surface area is 117 Å². The van der Waals surface area contributed by atoms with Crippen molar-refractivity contribution in [1.82, 2.24) is 14.7 Å². The molecule has 1 aromatic carbocycles. The van der Waals surface area contributed by atoms with Crippen LogP contribution in [0.5, 0.6) is 0 Å². The van der Waals surface area contributed by atoms with Crippen LogP contribution in [-0.4, -0.2) is 20.7 Å². The highest BCUT2D eigenvalue weighted by molar-refractivity contribution is 9.10. The third-order valence-electron chi connectivity index (χ3n) is 2.89. The lowest BCUT2D eigenvalue weighted by Crippen LogP contribution is -2.32. The fraction of sp³-hybridized carbons (Fsp3) is 0.357. The van der Waals surface area contributed by atoms with E-state index in [0.717, 1.165) is 17.7 Å². The van der Waals surface area contributed by atoms with Crippen molar-refractivity contribution in [3.05, 3.63) is 52.8 Å². The number of hydrogen-bond donors (Lipinski definition) is 0. The fourth-order valence-electron chi connectivity index (χ4n) is 1.82. The molecule has 2 aromatic rings. The minimum absolute atomic E-state index is 0.480.